The number of carbonyl (C=O) groups excluding carboxylic acids is 1. The van der Waals surface area contributed by atoms with Crippen LogP contribution in [-0.2, 0) is 11.3 Å². The summed E-state index contributed by atoms with van der Waals surface area (Å²) in [4.78, 5) is 14.2. The molecule has 0 unspecified atom stereocenters. The number of ether oxygens (including phenoxy) is 3. The minimum absolute atomic E-state index is 0.221. The van der Waals surface area contributed by atoms with Crippen LogP contribution in [0.15, 0.2) is 42.0 Å². The standard InChI is InChI=1S/C28H35NO4/c1-19-14-25(31-17-21-8-6-7-9-21)12-10-22(19)18-32-27(30)29(5)24-11-13-26-23(16-24)15-20(2)28(3,4)33-26/h10-16,21H,6-9,17-18H2,1-5H3. The SMILES string of the molecule is CC1=Cc2cc(N(C)C(=O)OCc3ccc(OCC4CCCC4)cc3C)ccc2OC1(C)C. The molecule has 33 heavy (non-hydrogen) atoms. The maximum Gasteiger partial charge on any atom is 0.414 e. The molecule has 0 radical (unpaired) electrons. The van der Waals surface area contributed by atoms with E-state index in [0.29, 0.717) is 5.92 Å². The van der Waals surface area contributed by atoms with Gasteiger partial charge >= 0.3 is 6.09 Å². The van der Waals surface area contributed by atoms with Crippen molar-refractivity contribution in [3.05, 3.63) is 58.7 Å². The van der Waals surface area contributed by atoms with Crippen LogP contribution in [0.4, 0.5) is 10.5 Å². The van der Waals surface area contributed by atoms with Gasteiger partial charge in [0.2, 0.25) is 0 Å². The summed E-state index contributed by atoms with van der Waals surface area (Å²) in [5, 5.41) is 0. The third-order valence-corrected chi connectivity index (χ3v) is 6.97. The van der Waals surface area contributed by atoms with Crippen molar-refractivity contribution in [2.75, 3.05) is 18.6 Å². The molecule has 0 spiro atoms. The highest BCUT2D eigenvalue weighted by molar-refractivity contribution is 5.88. The summed E-state index contributed by atoms with van der Waals surface area (Å²) in [5.74, 6) is 2.39. The van der Waals surface area contributed by atoms with Crippen molar-refractivity contribution in [1.29, 1.82) is 0 Å². The molecule has 5 nitrogen and oxygen atoms in total. The van der Waals surface area contributed by atoms with Gasteiger partial charge in [0.15, 0.2) is 0 Å². The van der Waals surface area contributed by atoms with Crippen LogP contribution in [0.5, 0.6) is 11.5 Å². The van der Waals surface area contributed by atoms with Gasteiger partial charge in [-0.15, -0.1) is 0 Å². The largest absolute Gasteiger partial charge is 0.493 e. The lowest BCUT2D eigenvalue weighted by Crippen LogP contribution is -2.32. The van der Waals surface area contributed by atoms with Crippen LogP contribution in [0.3, 0.4) is 0 Å². The van der Waals surface area contributed by atoms with Crippen LogP contribution in [-0.4, -0.2) is 25.3 Å². The van der Waals surface area contributed by atoms with Crippen molar-refractivity contribution in [2.45, 2.75) is 65.6 Å². The van der Waals surface area contributed by atoms with Gasteiger partial charge in [-0.05, 0) is 99.6 Å². The lowest BCUT2D eigenvalue weighted by Gasteiger charge is -2.32. The molecule has 176 valence electrons. The van der Waals surface area contributed by atoms with Crippen LogP contribution in [0.25, 0.3) is 6.08 Å². The predicted molar refractivity (Wildman–Crippen MR) is 132 cm³/mol. The summed E-state index contributed by atoms with van der Waals surface area (Å²) >= 11 is 0. The first kappa shape index (κ1) is 23.2. The molecule has 4 rings (SSSR count). The van der Waals surface area contributed by atoms with E-state index < -0.39 is 6.09 Å². The highest BCUT2D eigenvalue weighted by atomic mass is 16.6. The molecule has 0 bridgehead atoms. The zero-order chi connectivity index (χ0) is 23.6. The van der Waals surface area contributed by atoms with Crippen molar-refractivity contribution >= 4 is 17.9 Å². The van der Waals surface area contributed by atoms with Crippen LogP contribution >= 0.6 is 0 Å². The molecule has 1 heterocycles. The molecule has 1 amide bonds. The van der Waals surface area contributed by atoms with E-state index in [9.17, 15) is 4.79 Å². The molecule has 2 aromatic carbocycles. The van der Waals surface area contributed by atoms with Gasteiger partial charge in [-0.25, -0.2) is 4.79 Å². The Hall–Kier alpha value is -2.95. The second-order valence-corrected chi connectivity index (χ2v) is 9.83. The summed E-state index contributed by atoms with van der Waals surface area (Å²) in [6, 6.07) is 11.7. The van der Waals surface area contributed by atoms with Gasteiger partial charge in [0.1, 0.15) is 23.7 Å². The third-order valence-electron chi connectivity index (χ3n) is 6.97. The molecule has 5 heteroatoms. The monoisotopic (exact) mass is 449 g/mol. The number of aryl methyl sites for hydroxylation is 1. The van der Waals surface area contributed by atoms with Crippen molar-refractivity contribution in [1.82, 2.24) is 0 Å². The van der Waals surface area contributed by atoms with E-state index in [4.69, 9.17) is 14.2 Å². The van der Waals surface area contributed by atoms with Crippen LogP contribution in [0, 0.1) is 12.8 Å². The highest BCUT2D eigenvalue weighted by Gasteiger charge is 2.28. The van der Waals surface area contributed by atoms with Crippen LogP contribution in [0.2, 0.25) is 0 Å². The Bertz CT molecular complexity index is 1050. The van der Waals surface area contributed by atoms with Crippen LogP contribution in [0.1, 0.15) is 63.1 Å². The van der Waals surface area contributed by atoms with E-state index in [1.165, 1.54) is 30.6 Å². The van der Waals surface area contributed by atoms with E-state index in [0.717, 1.165) is 46.1 Å². The highest BCUT2D eigenvalue weighted by Crippen LogP contribution is 2.37. The maximum absolute atomic E-state index is 12.7. The van der Waals surface area contributed by atoms with Gasteiger partial charge in [-0.2, -0.15) is 0 Å². The minimum Gasteiger partial charge on any atom is -0.493 e. The molecule has 1 saturated carbocycles. The fraction of sp³-hybridized carbons (Fsp3) is 0.464. The smallest absolute Gasteiger partial charge is 0.414 e. The Kier molecular flexibility index (Phi) is 6.68. The summed E-state index contributed by atoms with van der Waals surface area (Å²) in [5.41, 5.74) is 4.58. The van der Waals surface area contributed by atoms with E-state index in [1.807, 2.05) is 43.3 Å². The first-order valence-corrected chi connectivity index (χ1v) is 11.9. The zero-order valence-corrected chi connectivity index (χ0v) is 20.4. The molecule has 0 N–H and O–H groups in total. The molecule has 0 atom stereocenters. The number of hydrogen-bond acceptors (Lipinski definition) is 4. The molecule has 0 aromatic heterocycles. The number of hydrogen-bond donors (Lipinski definition) is 0. The summed E-state index contributed by atoms with van der Waals surface area (Å²) in [7, 11) is 1.72. The Balaban J connectivity index is 1.35. The van der Waals surface area contributed by atoms with Gasteiger partial charge in [-0.3, -0.25) is 4.90 Å². The first-order valence-electron chi connectivity index (χ1n) is 11.9. The number of carbonyl (C=O) groups is 1. The van der Waals surface area contributed by atoms with E-state index in [2.05, 4.69) is 26.8 Å². The number of rotatable bonds is 6. The Labute approximate surface area is 197 Å². The van der Waals surface area contributed by atoms with Crippen molar-refractivity contribution in [3.63, 3.8) is 0 Å². The van der Waals surface area contributed by atoms with E-state index >= 15 is 0 Å². The normalized spacial score (nSPS) is 17.1. The molecule has 1 aliphatic carbocycles. The fourth-order valence-electron chi connectivity index (χ4n) is 4.37. The Morgan fingerprint density at radius 3 is 2.61 bits per heavy atom. The van der Waals surface area contributed by atoms with Crippen molar-refractivity contribution in [3.8, 4) is 11.5 Å². The lowest BCUT2D eigenvalue weighted by molar-refractivity contribution is 0.145. The van der Waals surface area contributed by atoms with Gasteiger partial charge < -0.3 is 14.2 Å². The molecule has 1 aliphatic heterocycles. The molecule has 0 saturated heterocycles. The second-order valence-electron chi connectivity index (χ2n) is 9.83. The van der Waals surface area contributed by atoms with Crippen molar-refractivity contribution < 1.29 is 19.0 Å². The molecule has 2 aliphatic rings. The maximum atomic E-state index is 12.7. The van der Waals surface area contributed by atoms with Gasteiger partial charge in [0.25, 0.3) is 0 Å². The topological polar surface area (TPSA) is 48.0 Å². The number of benzene rings is 2. The molecular weight excluding hydrogens is 414 g/mol. The number of anilines is 1. The third kappa shape index (κ3) is 5.35. The Morgan fingerprint density at radius 2 is 1.88 bits per heavy atom. The molecule has 2 aromatic rings. The number of nitrogens with zero attached hydrogens (tertiary/aromatic N) is 1. The predicted octanol–water partition coefficient (Wildman–Crippen LogP) is 6.91. The van der Waals surface area contributed by atoms with Gasteiger partial charge in [0, 0.05) is 18.3 Å². The first-order chi connectivity index (χ1) is 15.7. The molecular formula is C28H35NO4. The van der Waals surface area contributed by atoms with Gasteiger partial charge in [-0.1, -0.05) is 18.9 Å². The van der Waals surface area contributed by atoms with Gasteiger partial charge in [0.05, 0.1) is 6.61 Å². The van der Waals surface area contributed by atoms with E-state index in [-0.39, 0.29) is 12.2 Å². The minimum atomic E-state index is -0.395. The average Bonchev–Trinajstić information content (AvgIpc) is 3.30. The number of fused-ring (bicyclic) bond motifs is 1. The number of amides is 1. The summed E-state index contributed by atoms with van der Waals surface area (Å²) < 4.78 is 17.7. The van der Waals surface area contributed by atoms with E-state index in [1.54, 1.807) is 7.05 Å². The Morgan fingerprint density at radius 1 is 1.12 bits per heavy atom. The summed E-state index contributed by atoms with van der Waals surface area (Å²) in [6.07, 6.45) is 6.89. The fourth-order valence-corrected chi connectivity index (χ4v) is 4.37. The molecule has 1 fully saturated rings. The van der Waals surface area contributed by atoms with Crippen LogP contribution < -0.4 is 14.4 Å². The van der Waals surface area contributed by atoms with Crippen molar-refractivity contribution in [2.24, 2.45) is 5.92 Å². The zero-order valence-electron chi connectivity index (χ0n) is 20.4. The quantitative estimate of drug-likeness (QED) is 0.481. The lowest BCUT2D eigenvalue weighted by atomic mass is 9.93. The summed E-state index contributed by atoms with van der Waals surface area (Å²) in [6.45, 7) is 9.19. The average molecular weight is 450 g/mol. The second kappa shape index (κ2) is 9.50.